The molecule has 0 saturated carbocycles. The molecule has 0 radical (unpaired) electrons. The fourth-order valence-corrected chi connectivity index (χ4v) is 5.62. The highest BCUT2D eigenvalue weighted by Crippen LogP contribution is 2.43. The fourth-order valence-electron chi connectivity index (χ4n) is 5.62. The minimum atomic E-state index is -1.20. The SMILES string of the molecule is Cc1cn2cc(N3c4nccc(N5CC6CCCC(C5)N6)c4CC3OC(=O)C(N)=O)c(F)cc2n1. The summed E-state index contributed by atoms with van der Waals surface area (Å²) in [6.07, 6.45) is 7.81. The van der Waals surface area contributed by atoms with Gasteiger partial charge < -0.3 is 25.1 Å². The average Bonchev–Trinajstić information content (AvgIpc) is 3.36. The van der Waals surface area contributed by atoms with E-state index in [9.17, 15) is 9.59 Å². The molecule has 6 rings (SSSR count). The van der Waals surface area contributed by atoms with Crippen molar-refractivity contribution in [1.29, 1.82) is 0 Å². The maximum absolute atomic E-state index is 15.4. The van der Waals surface area contributed by atoms with Crippen LogP contribution in [-0.2, 0) is 20.7 Å². The number of anilines is 3. The number of imidazole rings is 1. The Morgan fingerprint density at radius 3 is 2.71 bits per heavy atom. The largest absolute Gasteiger partial charge is 0.434 e. The van der Waals surface area contributed by atoms with Crippen molar-refractivity contribution in [3.05, 3.63) is 47.8 Å². The van der Waals surface area contributed by atoms with Crippen molar-refractivity contribution in [2.45, 2.75) is 50.9 Å². The van der Waals surface area contributed by atoms with Crippen molar-refractivity contribution < 1.29 is 18.7 Å². The summed E-state index contributed by atoms with van der Waals surface area (Å²) >= 11 is 0. The minimum absolute atomic E-state index is 0.165. The highest BCUT2D eigenvalue weighted by molar-refractivity contribution is 6.31. The number of carbonyl (C=O) groups is 2. The molecule has 6 heterocycles. The van der Waals surface area contributed by atoms with E-state index in [-0.39, 0.29) is 12.1 Å². The molecule has 10 nitrogen and oxygen atoms in total. The van der Waals surface area contributed by atoms with Gasteiger partial charge in [-0.1, -0.05) is 6.42 Å². The smallest absolute Gasteiger partial charge is 0.398 e. The van der Waals surface area contributed by atoms with Gasteiger partial charge in [0.1, 0.15) is 11.5 Å². The number of fused-ring (bicyclic) bond motifs is 4. The number of amides is 1. The molecule has 2 bridgehead atoms. The maximum Gasteiger partial charge on any atom is 0.398 e. The number of aromatic nitrogens is 3. The highest BCUT2D eigenvalue weighted by Gasteiger charge is 2.40. The van der Waals surface area contributed by atoms with Crippen LogP contribution in [0, 0.1) is 12.7 Å². The molecule has 2 fully saturated rings. The van der Waals surface area contributed by atoms with E-state index in [4.69, 9.17) is 10.5 Å². The third-order valence-electron chi connectivity index (χ3n) is 7.05. The number of nitrogens with zero attached hydrogens (tertiary/aromatic N) is 5. The monoisotopic (exact) mass is 479 g/mol. The summed E-state index contributed by atoms with van der Waals surface area (Å²) in [6.45, 7) is 3.53. The van der Waals surface area contributed by atoms with Crippen molar-refractivity contribution in [2.75, 3.05) is 22.9 Å². The van der Waals surface area contributed by atoms with Gasteiger partial charge in [-0.3, -0.25) is 9.69 Å². The molecular weight excluding hydrogens is 453 g/mol. The number of esters is 1. The summed E-state index contributed by atoms with van der Waals surface area (Å²) < 4.78 is 22.6. The van der Waals surface area contributed by atoms with E-state index in [1.54, 1.807) is 23.0 Å². The molecule has 3 unspecified atom stereocenters. The van der Waals surface area contributed by atoms with Gasteiger partial charge in [-0.25, -0.2) is 19.2 Å². The lowest BCUT2D eigenvalue weighted by molar-refractivity contribution is -0.157. The predicted octanol–water partition coefficient (Wildman–Crippen LogP) is 1.56. The second kappa shape index (κ2) is 8.19. The van der Waals surface area contributed by atoms with Crippen LogP contribution in [0.4, 0.5) is 21.6 Å². The number of primary amides is 1. The van der Waals surface area contributed by atoms with Crippen LogP contribution in [-0.4, -0.2) is 57.6 Å². The number of aryl methyl sites for hydroxylation is 1. The van der Waals surface area contributed by atoms with E-state index >= 15 is 4.39 Å². The molecule has 3 atom stereocenters. The number of halogens is 1. The van der Waals surface area contributed by atoms with E-state index < -0.39 is 23.9 Å². The molecule has 0 aromatic carbocycles. The van der Waals surface area contributed by atoms with Crippen molar-refractivity contribution in [2.24, 2.45) is 5.73 Å². The number of hydrogen-bond acceptors (Lipinski definition) is 8. The Hall–Kier alpha value is -3.73. The third-order valence-corrected chi connectivity index (χ3v) is 7.05. The average molecular weight is 480 g/mol. The Morgan fingerprint density at radius 2 is 1.97 bits per heavy atom. The summed E-state index contributed by atoms with van der Waals surface area (Å²) in [5, 5.41) is 3.68. The van der Waals surface area contributed by atoms with E-state index in [1.807, 2.05) is 13.0 Å². The molecule has 0 aliphatic carbocycles. The maximum atomic E-state index is 15.4. The molecule has 3 aromatic heterocycles. The summed E-state index contributed by atoms with van der Waals surface area (Å²) in [7, 11) is 0. The Balaban J connectivity index is 1.44. The van der Waals surface area contributed by atoms with Gasteiger partial charge in [0.15, 0.2) is 12.0 Å². The van der Waals surface area contributed by atoms with Gasteiger partial charge in [-0.15, -0.1) is 0 Å². The lowest BCUT2D eigenvalue weighted by atomic mass is 9.93. The van der Waals surface area contributed by atoms with Crippen molar-refractivity contribution >= 4 is 34.7 Å². The van der Waals surface area contributed by atoms with Gasteiger partial charge in [0.25, 0.3) is 0 Å². The number of pyridine rings is 2. The number of nitrogens with one attached hydrogen (secondary N) is 1. The van der Waals surface area contributed by atoms with E-state index in [0.717, 1.165) is 42.9 Å². The quantitative estimate of drug-likeness (QED) is 0.429. The first-order valence-electron chi connectivity index (χ1n) is 11.8. The minimum Gasteiger partial charge on any atom is -0.434 e. The first-order valence-corrected chi connectivity index (χ1v) is 11.8. The van der Waals surface area contributed by atoms with Crippen molar-refractivity contribution in [3.8, 4) is 0 Å². The Kier molecular flexibility index (Phi) is 5.10. The van der Waals surface area contributed by atoms with Crippen LogP contribution in [0.1, 0.15) is 30.5 Å². The molecular formula is C24H26FN7O3. The molecule has 3 aliphatic heterocycles. The summed E-state index contributed by atoms with van der Waals surface area (Å²) in [4.78, 5) is 36.4. The molecule has 2 saturated heterocycles. The second-order valence-corrected chi connectivity index (χ2v) is 9.48. The molecule has 35 heavy (non-hydrogen) atoms. The van der Waals surface area contributed by atoms with E-state index in [1.165, 1.54) is 17.4 Å². The molecule has 1 amide bonds. The van der Waals surface area contributed by atoms with Crippen LogP contribution >= 0.6 is 0 Å². The van der Waals surface area contributed by atoms with Crippen molar-refractivity contribution in [3.63, 3.8) is 0 Å². The number of piperidine rings is 1. The van der Waals surface area contributed by atoms with E-state index in [0.29, 0.717) is 23.5 Å². The van der Waals surface area contributed by atoms with Gasteiger partial charge >= 0.3 is 11.9 Å². The number of rotatable bonds is 3. The molecule has 182 valence electrons. The summed E-state index contributed by atoms with van der Waals surface area (Å²) in [5.74, 6) is -2.43. The molecule has 3 N–H and O–H groups in total. The van der Waals surface area contributed by atoms with Crippen LogP contribution in [0.3, 0.4) is 0 Å². The third kappa shape index (κ3) is 3.75. The summed E-state index contributed by atoms with van der Waals surface area (Å²) in [6, 6.07) is 4.11. The normalized spacial score (nSPS) is 23.4. The Bertz CT molecular complexity index is 1330. The van der Waals surface area contributed by atoms with Crippen LogP contribution in [0.25, 0.3) is 5.65 Å². The van der Waals surface area contributed by atoms with Gasteiger partial charge in [-0.2, -0.15) is 0 Å². The lowest BCUT2D eigenvalue weighted by Gasteiger charge is -2.44. The number of hydrogen-bond donors (Lipinski definition) is 2. The van der Waals surface area contributed by atoms with Gasteiger partial charge in [0.2, 0.25) is 0 Å². The highest BCUT2D eigenvalue weighted by atomic mass is 19.1. The van der Waals surface area contributed by atoms with Crippen LogP contribution in [0.5, 0.6) is 0 Å². The van der Waals surface area contributed by atoms with Crippen molar-refractivity contribution in [1.82, 2.24) is 19.7 Å². The zero-order valence-corrected chi connectivity index (χ0v) is 19.3. The number of ether oxygens (including phenoxy) is 1. The topological polar surface area (TPSA) is 118 Å². The Morgan fingerprint density at radius 1 is 1.20 bits per heavy atom. The van der Waals surface area contributed by atoms with Gasteiger partial charge in [0.05, 0.1) is 11.4 Å². The van der Waals surface area contributed by atoms with Crippen LogP contribution < -0.4 is 20.9 Å². The number of piperazine rings is 1. The number of carbonyl (C=O) groups excluding carboxylic acids is 2. The lowest BCUT2D eigenvalue weighted by Crippen LogP contribution is -2.59. The van der Waals surface area contributed by atoms with Gasteiger partial charge in [0, 0.05) is 67.5 Å². The van der Waals surface area contributed by atoms with Crippen LogP contribution in [0.15, 0.2) is 30.7 Å². The summed E-state index contributed by atoms with van der Waals surface area (Å²) in [5.41, 5.74) is 8.35. The fraction of sp³-hybridized carbons (Fsp3) is 0.417. The molecule has 0 spiro atoms. The first kappa shape index (κ1) is 21.8. The predicted molar refractivity (Wildman–Crippen MR) is 126 cm³/mol. The van der Waals surface area contributed by atoms with E-state index in [2.05, 4.69) is 20.2 Å². The van der Waals surface area contributed by atoms with Gasteiger partial charge in [-0.05, 0) is 25.8 Å². The Labute approximate surface area is 200 Å². The number of nitrogens with two attached hydrogens (primary N) is 1. The molecule has 3 aliphatic rings. The zero-order chi connectivity index (χ0) is 24.3. The first-order chi connectivity index (χ1) is 16.9. The van der Waals surface area contributed by atoms with Crippen LogP contribution in [0.2, 0.25) is 0 Å². The molecule has 3 aromatic rings. The second-order valence-electron chi connectivity index (χ2n) is 9.48. The zero-order valence-electron chi connectivity index (χ0n) is 19.3. The molecule has 11 heteroatoms. The standard InChI is InChI=1S/C24H26FN7O3/c1-13-9-31-12-19(17(25)8-20(31)28-13)32-21(35-24(34)22(26)33)7-16-18(5-6-27-23(16)32)30-10-14-3-2-4-15(11-30)29-14/h5-6,8-9,12,14-15,21,29H,2-4,7,10-11H2,1H3,(H2,26,33).